The summed E-state index contributed by atoms with van der Waals surface area (Å²) in [5.74, 6) is 0.165. The molecule has 1 atom stereocenters. The van der Waals surface area contributed by atoms with Crippen LogP contribution in [-0.4, -0.2) is 34.5 Å². The van der Waals surface area contributed by atoms with Gasteiger partial charge >= 0.3 is 6.18 Å². The Bertz CT molecular complexity index is 1060. The van der Waals surface area contributed by atoms with Gasteiger partial charge in [-0.15, -0.1) is 0 Å². The molecule has 0 saturated carbocycles. The van der Waals surface area contributed by atoms with E-state index in [1.807, 2.05) is 18.2 Å². The highest BCUT2D eigenvalue weighted by Gasteiger charge is 2.35. The predicted octanol–water partition coefficient (Wildman–Crippen LogP) is 6.31. The lowest BCUT2D eigenvalue weighted by Gasteiger charge is -2.35. The SMILES string of the molecule is CCC1c2[nH]c3ccc(Cl)cc3c2CCN1CCNc1ccc(Cl)c(C(F)(F)F)n1. The van der Waals surface area contributed by atoms with Crippen molar-refractivity contribution in [1.29, 1.82) is 0 Å². The van der Waals surface area contributed by atoms with Crippen LogP contribution in [0.5, 0.6) is 0 Å². The van der Waals surface area contributed by atoms with Crippen LogP contribution in [-0.2, 0) is 12.6 Å². The number of alkyl halides is 3. The Morgan fingerprint density at radius 3 is 2.77 bits per heavy atom. The molecular weight excluding hydrogens is 436 g/mol. The van der Waals surface area contributed by atoms with Crippen LogP contribution in [0.3, 0.4) is 0 Å². The first-order chi connectivity index (χ1) is 14.3. The molecule has 0 bridgehead atoms. The molecule has 2 aromatic heterocycles. The minimum Gasteiger partial charge on any atom is -0.369 e. The molecule has 0 aliphatic carbocycles. The molecule has 1 aliphatic rings. The number of pyridine rings is 1. The second-order valence-corrected chi connectivity index (χ2v) is 8.21. The molecule has 0 amide bonds. The Balaban J connectivity index is 1.47. The van der Waals surface area contributed by atoms with Gasteiger partial charge in [0.05, 0.1) is 5.02 Å². The maximum atomic E-state index is 13.0. The van der Waals surface area contributed by atoms with E-state index in [4.69, 9.17) is 23.2 Å². The van der Waals surface area contributed by atoms with Crippen LogP contribution < -0.4 is 5.32 Å². The topological polar surface area (TPSA) is 44.0 Å². The summed E-state index contributed by atoms with van der Waals surface area (Å²) in [6.45, 7) is 4.16. The number of anilines is 1. The van der Waals surface area contributed by atoms with Crippen molar-refractivity contribution >= 4 is 39.9 Å². The van der Waals surface area contributed by atoms with E-state index < -0.39 is 16.9 Å². The zero-order chi connectivity index (χ0) is 21.5. The van der Waals surface area contributed by atoms with Crippen LogP contribution in [0.4, 0.5) is 19.0 Å². The molecule has 30 heavy (non-hydrogen) atoms. The number of H-pyrrole nitrogens is 1. The number of nitrogens with one attached hydrogen (secondary N) is 2. The number of hydrogen-bond donors (Lipinski definition) is 2. The quantitative estimate of drug-likeness (QED) is 0.472. The van der Waals surface area contributed by atoms with Gasteiger partial charge in [0.2, 0.25) is 0 Å². The molecule has 0 saturated heterocycles. The molecular formula is C21H21Cl2F3N4. The molecule has 0 spiro atoms. The van der Waals surface area contributed by atoms with Gasteiger partial charge in [0.25, 0.3) is 0 Å². The van der Waals surface area contributed by atoms with Gasteiger partial charge < -0.3 is 10.3 Å². The van der Waals surface area contributed by atoms with Gasteiger partial charge in [-0.05, 0) is 48.7 Å². The predicted molar refractivity (Wildman–Crippen MR) is 114 cm³/mol. The summed E-state index contributed by atoms with van der Waals surface area (Å²) in [4.78, 5) is 9.51. The summed E-state index contributed by atoms with van der Waals surface area (Å²) in [5, 5.41) is 4.48. The molecule has 1 aliphatic heterocycles. The zero-order valence-corrected chi connectivity index (χ0v) is 17.8. The van der Waals surface area contributed by atoms with Crippen molar-refractivity contribution in [1.82, 2.24) is 14.9 Å². The normalized spacial score (nSPS) is 17.3. The second-order valence-electron chi connectivity index (χ2n) is 7.37. The Morgan fingerprint density at radius 2 is 2.03 bits per heavy atom. The molecule has 3 aromatic rings. The summed E-state index contributed by atoms with van der Waals surface area (Å²) in [5.41, 5.74) is 2.51. The van der Waals surface area contributed by atoms with Crippen molar-refractivity contribution in [3.8, 4) is 0 Å². The van der Waals surface area contributed by atoms with E-state index in [1.54, 1.807) is 0 Å². The maximum Gasteiger partial charge on any atom is 0.434 e. The third-order valence-corrected chi connectivity index (χ3v) is 6.07. The first kappa shape index (κ1) is 21.3. The number of halogens is 5. The molecule has 1 aromatic carbocycles. The molecule has 4 rings (SSSR count). The third-order valence-electron chi connectivity index (χ3n) is 5.53. The van der Waals surface area contributed by atoms with Crippen LogP contribution >= 0.6 is 23.2 Å². The van der Waals surface area contributed by atoms with Crippen molar-refractivity contribution in [3.63, 3.8) is 0 Å². The fraction of sp³-hybridized carbons (Fsp3) is 0.381. The number of benzene rings is 1. The highest BCUT2D eigenvalue weighted by Crippen LogP contribution is 2.37. The highest BCUT2D eigenvalue weighted by atomic mass is 35.5. The molecule has 160 valence electrons. The number of fused-ring (bicyclic) bond motifs is 3. The van der Waals surface area contributed by atoms with E-state index >= 15 is 0 Å². The van der Waals surface area contributed by atoms with Crippen LogP contribution in [0, 0.1) is 0 Å². The molecule has 4 nitrogen and oxygen atoms in total. The summed E-state index contributed by atoms with van der Waals surface area (Å²) in [6, 6.07) is 8.77. The van der Waals surface area contributed by atoms with Gasteiger partial charge in [0.15, 0.2) is 5.69 Å². The molecule has 1 unspecified atom stereocenters. The standard InChI is InChI=1S/C21H21Cl2F3N4/c1-2-17-19-13(14-11-12(22)3-5-16(14)28-19)7-9-30(17)10-8-27-18-6-4-15(23)20(29-18)21(24,25)26/h3-6,11,17,28H,2,7-10H2,1H3,(H,27,29). The van der Waals surface area contributed by atoms with Crippen LogP contribution in [0.1, 0.15) is 36.3 Å². The van der Waals surface area contributed by atoms with Crippen molar-refractivity contribution in [2.24, 2.45) is 0 Å². The van der Waals surface area contributed by atoms with Crippen molar-refractivity contribution in [2.75, 3.05) is 25.0 Å². The van der Waals surface area contributed by atoms with Gasteiger partial charge in [-0.1, -0.05) is 30.1 Å². The largest absolute Gasteiger partial charge is 0.434 e. The van der Waals surface area contributed by atoms with E-state index in [0.717, 1.165) is 29.9 Å². The lowest BCUT2D eigenvalue weighted by atomic mass is 9.96. The smallest absolute Gasteiger partial charge is 0.369 e. The van der Waals surface area contributed by atoms with Crippen molar-refractivity contribution in [2.45, 2.75) is 32.0 Å². The molecule has 2 N–H and O–H groups in total. The number of nitrogens with zero attached hydrogens (tertiary/aromatic N) is 2. The van der Waals surface area contributed by atoms with Crippen molar-refractivity contribution < 1.29 is 13.2 Å². The summed E-state index contributed by atoms with van der Waals surface area (Å²) >= 11 is 11.8. The first-order valence-corrected chi connectivity index (χ1v) is 10.5. The van der Waals surface area contributed by atoms with Gasteiger partial charge in [-0.3, -0.25) is 4.90 Å². The minimum atomic E-state index is -4.58. The summed E-state index contributed by atoms with van der Waals surface area (Å²) in [6.07, 6.45) is -2.77. The van der Waals surface area contributed by atoms with Gasteiger partial charge in [0, 0.05) is 47.3 Å². The summed E-state index contributed by atoms with van der Waals surface area (Å²) in [7, 11) is 0. The van der Waals surface area contributed by atoms with E-state index in [-0.39, 0.29) is 11.9 Å². The number of hydrogen-bond acceptors (Lipinski definition) is 3. The maximum absolute atomic E-state index is 13.0. The fourth-order valence-electron chi connectivity index (χ4n) is 4.19. The van der Waals surface area contributed by atoms with E-state index in [2.05, 4.69) is 27.1 Å². The number of aromatic amines is 1. The second kappa shape index (κ2) is 8.29. The fourth-order valence-corrected chi connectivity index (χ4v) is 4.57. The van der Waals surface area contributed by atoms with Crippen LogP contribution in [0.15, 0.2) is 30.3 Å². The third kappa shape index (κ3) is 4.11. The van der Waals surface area contributed by atoms with E-state index in [1.165, 1.54) is 28.8 Å². The summed E-state index contributed by atoms with van der Waals surface area (Å²) < 4.78 is 39.0. The van der Waals surface area contributed by atoms with E-state index in [9.17, 15) is 13.2 Å². The van der Waals surface area contributed by atoms with Crippen molar-refractivity contribution in [3.05, 3.63) is 57.3 Å². The Kier molecular flexibility index (Phi) is 5.88. The first-order valence-electron chi connectivity index (χ1n) is 9.79. The van der Waals surface area contributed by atoms with Crippen LogP contribution in [0.2, 0.25) is 10.0 Å². The lowest BCUT2D eigenvalue weighted by molar-refractivity contribution is -0.141. The Labute approximate surface area is 182 Å². The Morgan fingerprint density at radius 1 is 1.23 bits per heavy atom. The average molecular weight is 457 g/mol. The average Bonchev–Trinajstić information content (AvgIpc) is 3.06. The minimum absolute atomic E-state index is 0.165. The van der Waals surface area contributed by atoms with Gasteiger partial charge in [0.1, 0.15) is 5.82 Å². The number of rotatable bonds is 5. The lowest BCUT2D eigenvalue weighted by Crippen LogP contribution is -2.38. The molecule has 3 heterocycles. The van der Waals surface area contributed by atoms with Gasteiger partial charge in [-0.25, -0.2) is 4.98 Å². The van der Waals surface area contributed by atoms with Gasteiger partial charge in [-0.2, -0.15) is 13.2 Å². The molecule has 9 heteroatoms. The van der Waals surface area contributed by atoms with Crippen LogP contribution in [0.25, 0.3) is 10.9 Å². The molecule has 0 fully saturated rings. The zero-order valence-electron chi connectivity index (χ0n) is 16.3. The molecule has 0 radical (unpaired) electrons. The Hall–Kier alpha value is -1.96. The number of aromatic nitrogens is 2. The monoisotopic (exact) mass is 456 g/mol. The van der Waals surface area contributed by atoms with E-state index in [0.29, 0.717) is 13.1 Å². The highest BCUT2D eigenvalue weighted by molar-refractivity contribution is 6.31.